The highest BCUT2D eigenvalue weighted by atomic mass is 35.5. The predicted molar refractivity (Wildman–Crippen MR) is 74.0 cm³/mol. The minimum absolute atomic E-state index is 0.0139. The van der Waals surface area contributed by atoms with Gasteiger partial charge >= 0.3 is 0 Å². The number of halogens is 1. The van der Waals surface area contributed by atoms with Gasteiger partial charge in [0.2, 0.25) is 5.88 Å². The fourth-order valence-corrected chi connectivity index (χ4v) is 2.03. The Balaban J connectivity index is 2.12. The fraction of sp³-hybridized carbons (Fsp3) is 0.267. The Labute approximate surface area is 113 Å². The molecule has 0 N–H and O–H groups in total. The quantitative estimate of drug-likeness (QED) is 0.767. The van der Waals surface area contributed by atoms with Crippen LogP contribution in [0.1, 0.15) is 29.8 Å². The Hall–Kier alpha value is -1.54. The molecule has 2 aromatic rings. The van der Waals surface area contributed by atoms with Crippen molar-refractivity contribution in [2.24, 2.45) is 0 Å². The van der Waals surface area contributed by atoms with Crippen LogP contribution in [0.15, 0.2) is 42.5 Å². The Kier molecular flexibility index (Phi) is 4.21. The van der Waals surface area contributed by atoms with Crippen molar-refractivity contribution in [1.82, 2.24) is 4.98 Å². The molecule has 0 fully saturated rings. The van der Waals surface area contributed by atoms with Gasteiger partial charge in [-0.05, 0) is 25.0 Å². The molecule has 3 heteroatoms. The van der Waals surface area contributed by atoms with Crippen LogP contribution in [0.5, 0.6) is 5.88 Å². The predicted octanol–water partition coefficient (Wildman–Crippen LogP) is 4.27. The summed E-state index contributed by atoms with van der Waals surface area (Å²) in [5, 5.41) is 0. The molecular weight excluding hydrogens is 246 g/mol. The number of benzene rings is 1. The molecule has 1 atom stereocenters. The monoisotopic (exact) mass is 261 g/mol. The zero-order valence-electron chi connectivity index (χ0n) is 10.6. The van der Waals surface area contributed by atoms with E-state index >= 15 is 0 Å². The van der Waals surface area contributed by atoms with Crippen LogP contribution in [0.2, 0.25) is 0 Å². The maximum Gasteiger partial charge on any atom is 0.214 e. The first kappa shape index (κ1) is 12.9. The van der Waals surface area contributed by atoms with Crippen molar-refractivity contribution >= 4 is 11.6 Å². The molecule has 0 aliphatic carbocycles. The fourth-order valence-electron chi connectivity index (χ4n) is 1.75. The summed E-state index contributed by atoms with van der Waals surface area (Å²) in [6.45, 7) is 3.96. The summed E-state index contributed by atoms with van der Waals surface area (Å²) in [4.78, 5) is 4.40. The highest BCUT2D eigenvalue weighted by molar-refractivity contribution is 6.17. The van der Waals surface area contributed by atoms with Crippen LogP contribution in [0.25, 0.3) is 0 Å². The number of aryl methyl sites for hydroxylation is 1. The number of pyridine rings is 1. The van der Waals surface area contributed by atoms with Crippen LogP contribution in [0.3, 0.4) is 0 Å². The second-order valence-corrected chi connectivity index (χ2v) is 4.47. The third kappa shape index (κ3) is 3.02. The third-order valence-electron chi connectivity index (χ3n) is 2.88. The molecule has 2 rings (SSSR count). The number of nitrogens with zero attached hydrogens (tertiary/aromatic N) is 1. The molecule has 1 aromatic heterocycles. The number of hydrogen-bond donors (Lipinski definition) is 0. The van der Waals surface area contributed by atoms with Crippen LogP contribution < -0.4 is 4.74 Å². The summed E-state index contributed by atoms with van der Waals surface area (Å²) in [5.41, 5.74) is 3.09. The van der Waals surface area contributed by atoms with E-state index in [1.807, 2.05) is 56.3 Å². The molecule has 0 radical (unpaired) electrons. The van der Waals surface area contributed by atoms with Crippen molar-refractivity contribution in [2.75, 3.05) is 0 Å². The Bertz CT molecular complexity index is 513. The van der Waals surface area contributed by atoms with E-state index in [0.717, 1.165) is 16.8 Å². The average Bonchev–Trinajstić information content (AvgIpc) is 2.40. The van der Waals surface area contributed by atoms with Crippen LogP contribution in [0.4, 0.5) is 0 Å². The Morgan fingerprint density at radius 1 is 1.17 bits per heavy atom. The van der Waals surface area contributed by atoms with E-state index in [9.17, 15) is 0 Å². The van der Waals surface area contributed by atoms with Gasteiger partial charge in [0, 0.05) is 17.6 Å². The molecule has 0 aliphatic rings. The smallest absolute Gasteiger partial charge is 0.214 e. The van der Waals surface area contributed by atoms with Crippen molar-refractivity contribution in [2.45, 2.75) is 25.8 Å². The normalized spacial score (nSPS) is 12.2. The van der Waals surface area contributed by atoms with E-state index < -0.39 is 0 Å². The lowest BCUT2D eigenvalue weighted by molar-refractivity contribution is 0.217. The molecule has 0 saturated heterocycles. The SMILES string of the molecule is Cc1nc(OC(C)c2ccccc2)ccc1CCl. The first-order chi connectivity index (χ1) is 8.70. The first-order valence-electron chi connectivity index (χ1n) is 5.95. The minimum Gasteiger partial charge on any atom is -0.470 e. The summed E-state index contributed by atoms with van der Waals surface area (Å²) in [6, 6.07) is 13.9. The van der Waals surface area contributed by atoms with Gasteiger partial charge < -0.3 is 4.74 Å². The number of aromatic nitrogens is 1. The van der Waals surface area contributed by atoms with Gasteiger partial charge in [0.15, 0.2) is 0 Å². The molecular formula is C15H16ClNO. The Morgan fingerprint density at radius 2 is 1.89 bits per heavy atom. The zero-order valence-corrected chi connectivity index (χ0v) is 11.3. The topological polar surface area (TPSA) is 22.1 Å². The third-order valence-corrected chi connectivity index (χ3v) is 3.17. The van der Waals surface area contributed by atoms with Gasteiger partial charge in [0.25, 0.3) is 0 Å². The van der Waals surface area contributed by atoms with E-state index in [0.29, 0.717) is 11.8 Å². The molecule has 1 aromatic carbocycles. The van der Waals surface area contributed by atoms with Crippen molar-refractivity contribution < 1.29 is 4.74 Å². The van der Waals surface area contributed by atoms with Crippen molar-refractivity contribution in [3.63, 3.8) is 0 Å². The summed E-state index contributed by atoms with van der Waals surface area (Å²) in [6.07, 6.45) is -0.0139. The Morgan fingerprint density at radius 3 is 2.50 bits per heavy atom. The summed E-state index contributed by atoms with van der Waals surface area (Å²) in [5.74, 6) is 1.12. The minimum atomic E-state index is -0.0139. The molecule has 94 valence electrons. The molecule has 0 spiro atoms. The molecule has 0 aliphatic heterocycles. The number of rotatable bonds is 4. The molecule has 1 heterocycles. The van der Waals surface area contributed by atoms with Gasteiger partial charge in [-0.3, -0.25) is 0 Å². The highest BCUT2D eigenvalue weighted by Crippen LogP contribution is 2.21. The van der Waals surface area contributed by atoms with E-state index in [1.165, 1.54) is 0 Å². The van der Waals surface area contributed by atoms with Crippen molar-refractivity contribution in [3.05, 3.63) is 59.3 Å². The van der Waals surface area contributed by atoms with E-state index in [4.69, 9.17) is 16.3 Å². The largest absolute Gasteiger partial charge is 0.470 e. The maximum atomic E-state index is 5.83. The van der Waals surface area contributed by atoms with Crippen LogP contribution in [0, 0.1) is 6.92 Å². The van der Waals surface area contributed by atoms with Gasteiger partial charge in [-0.15, -0.1) is 11.6 Å². The second-order valence-electron chi connectivity index (χ2n) is 4.20. The lowest BCUT2D eigenvalue weighted by Gasteiger charge is -2.15. The summed E-state index contributed by atoms with van der Waals surface area (Å²) in [7, 11) is 0. The molecule has 0 amide bonds. The maximum absolute atomic E-state index is 5.83. The summed E-state index contributed by atoms with van der Waals surface area (Å²) < 4.78 is 5.83. The average molecular weight is 262 g/mol. The lowest BCUT2D eigenvalue weighted by atomic mass is 10.1. The van der Waals surface area contributed by atoms with Gasteiger partial charge in [0.1, 0.15) is 6.10 Å². The number of ether oxygens (including phenoxy) is 1. The highest BCUT2D eigenvalue weighted by Gasteiger charge is 2.08. The number of hydrogen-bond acceptors (Lipinski definition) is 2. The second kappa shape index (κ2) is 5.87. The van der Waals surface area contributed by atoms with Gasteiger partial charge in [-0.25, -0.2) is 4.98 Å². The zero-order chi connectivity index (χ0) is 13.0. The van der Waals surface area contributed by atoms with Gasteiger partial charge in [0.05, 0.1) is 0 Å². The van der Waals surface area contributed by atoms with Crippen LogP contribution in [-0.4, -0.2) is 4.98 Å². The standard InChI is InChI=1S/C15H16ClNO/c1-11-14(10-16)8-9-15(17-11)18-12(2)13-6-4-3-5-7-13/h3-9,12H,10H2,1-2H3. The van der Waals surface area contributed by atoms with Gasteiger partial charge in [-0.2, -0.15) is 0 Å². The van der Waals surface area contributed by atoms with Crippen molar-refractivity contribution in [1.29, 1.82) is 0 Å². The first-order valence-corrected chi connectivity index (χ1v) is 6.48. The summed E-state index contributed by atoms with van der Waals surface area (Å²) >= 11 is 5.81. The van der Waals surface area contributed by atoms with E-state index in [2.05, 4.69) is 4.98 Å². The lowest BCUT2D eigenvalue weighted by Crippen LogP contribution is -2.05. The van der Waals surface area contributed by atoms with E-state index in [-0.39, 0.29) is 6.10 Å². The molecule has 1 unspecified atom stereocenters. The molecule has 18 heavy (non-hydrogen) atoms. The van der Waals surface area contributed by atoms with Crippen molar-refractivity contribution in [3.8, 4) is 5.88 Å². The van der Waals surface area contributed by atoms with E-state index in [1.54, 1.807) is 0 Å². The molecule has 0 saturated carbocycles. The number of alkyl halides is 1. The van der Waals surface area contributed by atoms with Crippen LogP contribution >= 0.6 is 11.6 Å². The van der Waals surface area contributed by atoms with Gasteiger partial charge in [-0.1, -0.05) is 36.4 Å². The molecule has 2 nitrogen and oxygen atoms in total. The van der Waals surface area contributed by atoms with Crippen LogP contribution in [-0.2, 0) is 5.88 Å². The molecule has 0 bridgehead atoms.